The first kappa shape index (κ1) is 9.50. The smallest absolute Gasteiger partial charge is 0.284 e. The molecule has 1 unspecified atom stereocenters. The lowest BCUT2D eigenvalue weighted by Gasteiger charge is -2.15. The Hall–Kier alpha value is -1.72. The monoisotopic (exact) mass is 235 g/mol. The molecule has 1 atom stereocenters. The highest BCUT2D eigenvalue weighted by atomic mass is 35.5. The highest BCUT2D eigenvalue weighted by Crippen LogP contribution is 2.30. The number of quaternary nitrogens is 1. The largest absolute Gasteiger partial charge is 0.320 e. The Morgan fingerprint density at radius 2 is 2.19 bits per heavy atom. The number of fused-ring (bicyclic) bond motifs is 3. The van der Waals surface area contributed by atoms with Gasteiger partial charge in [-0.3, -0.25) is 4.79 Å². The molecular formula is C10H8ClN4O+. The first-order valence-electron chi connectivity index (χ1n) is 4.78. The van der Waals surface area contributed by atoms with Crippen LogP contribution < -0.4 is 5.32 Å². The molecule has 0 bridgehead atoms. The molecule has 0 radical (unpaired) electrons. The number of nitrogens with one attached hydrogen (secondary N) is 1. The molecule has 0 aliphatic carbocycles. The van der Waals surface area contributed by atoms with E-state index < -0.39 is 0 Å². The minimum Gasteiger partial charge on any atom is -0.320 e. The summed E-state index contributed by atoms with van der Waals surface area (Å²) >= 11 is 6.25. The summed E-state index contributed by atoms with van der Waals surface area (Å²) in [4.78, 5) is 15.8. The number of halogens is 1. The molecule has 16 heavy (non-hydrogen) atoms. The van der Waals surface area contributed by atoms with Crippen LogP contribution in [0.2, 0.25) is 0 Å². The molecule has 0 aromatic heterocycles. The Morgan fingerprint density at radius 1 is 1.38 bits per heavy atom. The van der Waals surface area contributed by atoms with E-state index in [0.717, 1.165) is 11.3 Å². The van der Waals surface area contributed by atoms with Crippen LogP contribution in [0.25, 0.3) is 0 Å². The van der Waals surface area contributed by atoms with Gasteiger partial charge in [-0.15, -0.1) is 0 Å². The van der Waals surface area contributed by atoms with Gasteiger partial charge in [0.15, 0.2) is 6.34 Å². The molecule has 2 aliphatic rings. The van der Waals surface area contributed by atoms with Gasteiger partial charge >= 0.3 is 0 Å². The Morgan fingerprint density at radius 3 is 3.06 bits per heavy atom. The van der Waals surface area contributed by atoms with Gasteiger partial charge in [0.05, 0.1) is 11.3 Å². The highest BCUT2D eigenvalue weighted by Gasteiger charge is 2.44. The molecule has 6 heteroatoms. The fourth-order valence-electron chi connectivity index (χ4n) is 1.84. The summed E-state index contributed by atoms with van der Waals surface area (Å²) in [6, 6.07) is 7.41. The van der Waals surface area contributed by atoms with E-state index in [9.17, 15) is 4.79 Å². The van der Waals surface area contributed by atoms with Crippen LogP contribution in [-0.2, 0) is 4.79 Å². The molecule has 1 aromatic carbocycles. The van der Waals surface area contributed by atoms with Crippen molar-refractivity contribution >= 4 is 35.5 Å². The number of para-hydroxylation sites is 1. The van der Waals surface area contributed by atoms with Crippen molar-refractivity contribution in [1.29, 1.82) is 0 Å². The molecule has 1 amide bonds. The van der Waals surface area contributed by atoms with E-state index in [0.29, 0.717) is 5.84 Å². The Labute approximate surface area is 96.7 Å². The first-order chi connectivity index (χ1) is 7.69. The second kappa shape index (κ2) is 3.13. The number of hydrogen-bond donors (Lipinski definition) is 1. The maximum absolute atomic E-state index is 11.7. The van der Waals surface area contributed by atoms with Crippen molar-refractivity contribution in [3.8, 4) is 0 Å². The number of anilines is 1. The van der Waals surface area contributed by atoms with Gasteiger partial charge in [-0.05, 0) is 21.3 Å². The molecule has 0 saturated heterocycles. The standard InChI is InChI=1S/C10H7ClN4O/c11-15-5-9(16)14-8-4-2-1-3-7(8)10(15)12-6-13-15/h1-4,6H,5H2/p+1. The number of aliphatic imine (C=N–C) groups is 1. The SMILES string of the molecule is O=C1C[N+]2(Cl)N=CN=C2c2ccccc2N1. The van der Waals surface area contributed by atoms with Gasteiger partial charge in [0.1, 0.15) is 0 Å². The van der Waals surface area contributed by atoms with Crippen molar-refractivity contribution in [2.24, 2.45) is 10.1 Å². The number of benzene rings is 1. The normalized spacial score (nSPS) is 26.6. The molecule has 5 nitrogen and oxygen atoms in total. The maximum Gasteiger partial charge on any atom is 0.284 e. The van der Waals surface area contributed by atoms with Crippen LogP contribution in [0.5, 0.6) is 0 Å². The number of nitrogens with zero attached hydrogens (tertiary/aromatic N) is 3. The Bertz CT molecular complexity index is 539. The quantitative estimate of drug-likeness (QED) is 0.678. The zero-order valence-electron chi connectivity index (χ0n) is 8.22. The highest BCUT2D eigenvalue weighted by molar-refractivity contribution is 6.21. The molecule has 1 aromatic rings. The van der Waals surface area contributed by atoms with Crippen LogP contribution in [0, 0.1) is 0 Å². The van der Waals surface area contributed by atoms with E-state index in [1.54, 1.807) is 0 Å². The number of carbonyl (C=O) groups excluding carboxylic acids is 1. The lowest BCUT2D eigenvalue weighted by atomic mass is 10.1. The van der Waals surface area contributed by atoms with Gasteiger partial charge < -0.3 is 5.32 Å². The Kier molecular flexibility index (Phi) is 1.86. The van der Waals surface area contributed by atoms with Gasteiger partial charge in [0.25, 0.3) is 11.7 Å². The predicted octanol–water partition coefficient (Wildman–Crippen LogP) is 1.31. The third-order valence-electron chi connectivity index (χ3n) is 2.53. The summed E-state index contributed by atoms with van der Waals surface area (Å²) in [6.07, 6.45) is 1.39. The van der Waals surface area contributed by atoms with Crippen molar-refractivity contribution in [2.75, 3.05) is 11.9 Å². The number of rotatable bonds is 0. The molecule has 3 rings (SSSR count). The number of amides is 1. The van der Waals surface area contributed by atoms with E-state index in [1.165, 1.54) is 6.34 Å². The van der Waals surface area contributed by atoms with Gasteiger partial charge in [0.2, 0.25) is 18.3 Å². The first-order valence-corrected chi connectivity index (χ1v) is 5.12. The Balaban J connectivity index is 2.23. The zero-order valence-corrected chi connectivity index (χ0v) is 8.98. The zero-order chi connectivity index (χ0) is 11.2. The van der Waals surface area contributed by atoms with Gasteiger partial charge in [-0.1, -0.05) is 12.1 Å². The second-order valence-electron chi connectivity index (χ2n) is 3.61. The topological polar surface area (TPSA) is 53.8 Å². The van der Waals surface area contributed by atoms with E-state index in [2.05, 4.69) is 15.4 Å². The number of hydrogen-bond acceptors (Lipinski definition) is 3. The molecule has 80 valence electrons. The second-order valence-corrected chi connectivity index (χ2v) is 4.17. The van der Waals surface area contributed by atoms with Crippen LogP contribution in [0.15, 0.2) is 34.4 Å². The van der Waals surface area contributed by atoms with E-state index >= 15 is 0 Å². The molecule has 0 spiro atoms. The molecular weight excluding hydrogens is 228 g/mol. The van der Waals surface area contributed by atoms with Crippen LogP contribution >= 0.6 is 11.8 Å². The number of carbonyl (C=O) groups is 1. The molecule has 0 saturated carbocycles. The van der Waals surface area contributed by atoms with Crippen LogP contribution in [0.4, 0.5) is 5.69 Å². The fourth-order valence-corrected chi connectivity index (χ4v) is 2.12. The van der Waals surface area contributed by atoms with Crippen molar-refractivity contribution in [1.82, 2.24) is 0 Å². The van der Waals surface area contributed by atoms with Gasteiger partial charge in [-0.25, -0.2) is 0 Å². The van der Waals surface area contributed by atoms with E-state index in [4.69, 9.17) is 11.8 Å². The van der Waals surface area contributed by atoms with E-state index in [1.807, 2.05) is 24.3 Å². The van der Waals surface area contributed by atoms with Crippen molar-refractivity contribution in [3.05, 3.63) is 29.8 Å². The summed E-state index contributed by atoms with van der Waals surface area (Å²) in [5.41, 5.74) is 1.53. The number of amidine groups is 1. The summed E-state index contributed by atoms with van der Waals surface area (Å²) in [6.45, 7) is 0.0472. The summed E-state index contributed by atoms with van der Waals surface area (Å²) in [5, 5.41) is 6.79. The predicted molar refractivity (Wildman–Crippen MR) is 61.1 cm³/mol. The maximum atomic E-state index is 11.7. The fraction of sp³-hybridized carbons (Fsp3) is 0.100. The molecule has 2 heterocycles. The van der Waals surface area contributed by atoms with Crippen LogP contribution in [0.1, 0.15) is 5.56 Å². The minimum atomic E-state index is -0.331. The molecule has 0 fully saturated rings. The lowest BCUT2D eigenvalue weighted by Crippen LogP contribution is -2.40. The summed E-state index contributed by atoms with van der Waals surface area (Å²) in [5.74, 6) is 0.405. The third kappa shape index (κ3) is 1.26. The van der Waals surface area contributed by atoms with Crippen molar-refractivity contribution in [2.45, 2.75) is 0 Å². The van der Waals surface area contributed by atoms with Gasteiger partial charge in [0, 0.05) is 0 Å². The van der Waals surface area contributed by atoms with Crippen LogP contribution in [0.3, 0.4) is 0 Å². The van der Waals surface area contributed by atoms with Gasteiger partial charge in [-0.2, -0.15) is 4.99 Å². The van der Waals surface area contributed by atoms with E-state index in [-0.39, 0.29) is 16.6 Å². The summed E-state index contributed by atoms with van der Waals surface area (Å²) in [7, 11) is 0. The van der Waals surface area contributed by atoms with Crippen LogP contribution in [-0.4, -0.2) is 28.7 Å². The van der Waals surface area contributed by atoms with Crippen molar-refractivity contribution in [3.63, 3.8) is 0 Å². The molecule has 1 N–H and O–H groups in total. The summed E-state index contributed by atoms with van der Waals surface area (Å²) < 4.78 is -0.331. The average molecular weight is 236 g/mol. The average Bonchev–Trinajstić information content (AvgIpc) is 2.56. The third-order valence-corrected chi connectivity index (χ3v) is 2.90. The molecule has 2 aliphatic heterocycles. The lowest BCUT2D eigenvalue weighted by molar-refractivity contribution is -0.712. The van der Waals surface area contributed by atoms with Crippen molar-refractivity contribution < 1.29 is 8.91 Å². The minimum absolute atomic E-state index is 0.0472.